The normalized spacial score (nSPS) is 11.0. The lowest BCUT2D eigenvalue weighted by molar-refractivity contribution is -0.115. The Bertz CT molecular complexity index is 1040. The number of halogens is 1. The summed E-state index contributed by atoms with van der Waals surface area (Å²) in [4.78, 5) is 29.6. The average Bonchev–Trinajstić information content (AvgIpc) is 2.72. The van der Waals surface area contributed by atoms with E-state index >= 15 is 0 Å². The molecule has 0 radical (unpaired) electrons. The van der Waals surface area contributed by atoms with Crippen LogP contribution in [0.5, 0.6) is 0 Å². The molecule has 8 heteroatoms. The van der Waals surface area contributed by atoms with E-state index in [1.807, 2.05) is 18.2 Å². The van der Waals surface area contributed by atoms with Gasteiger partial charge in [0.15, 0.2) is 5.16 Å². The van der Waals surface area contributed by atoms with Crippen molar-refractivity contribution in [1.29, 1.82) is 0 Å². The molecule has 0 atom stereocenters. The molecule has 0 aliphatic carbocycles. The standard InChI is InChI=1S/C21H22FN3O3S/c1-28-13-4-12-25-20(27)17-5-2-3-6-18(17)24-21(25)29-14-11-19(26)23-16-9-7-15(22)8-10-16/h2-3,5-10H,4,11-14H2,1H3,(H,23,26). The molecule has 152 valence electrons. The van der Waals surface area contributed by atoms with Gasteiger partial charge in [-0.05, 0) is 42.8 Å². The molecule has 0 saturated heterocycles. The number of fused-ring (bicyclic) bond motifs is 1. The number of carbonyl (C=O) groups is 1. The maximum absolute atomic E-state index is 12.9. The highest BCUT2D eigenvalue weighted by Crippen LogP contribution is 2.19. The van der Waals surface area contributed by atoms with E-state index < -0.39 is 0 Å². The van der Waals surface area contributed by atoms with Gasteiger partial charge < -0.3 is 10.1 Å². The van der Waals surface area contributed by atoms with Gasteiger partial charge in [0.05, 0.1) is 10.9 Å². The Kier molecular flexibility index (Phi) is 7.37. The Balaban J connectivity index is 1.69. The number of amides is 1. The van der Waals surface area contributed by atoms with E-state index in [1.54, 1.807) is 17.7 Å². The van der Waals surface area contributed by atoms with Crippen LogP contribution in [0.25, 0.3) is 10.9 Å². The van der Waals surface area contributed by atoms with Gasteiger partial charge in [-0.3, -0.25) is 14.2 Å². The molecule has 0 fully saturated rings. The molecule has 1 amide bonds. The number of methoxy groups -OCH3 is 1. The average molecular weight is 415 g/mol. The summed E-state index contributed by atoms with van der Waals surface area (Å²) < 4.78 is 19.7. The molecule has 1 N–H and O–H groups in total. The smallest absolute Gasteiger partial charge is 0.262 e. The molecule has 1 heterocycles. The maximum Gasteiger partial charge on any atom is 0.262 e. The molecular weight excluding hydrogens is 393 g/mol. The van der Waals surface area contributed by atoms with Crippen LogP contribution >= 0.6 is 11.8 Å². The summed E-state index contributed by atoms with van der Waals surface area (Å²) in [5.41, 5.74) is 1.09. The van der Waals surface area contributed by atoms with Crippen LogP contribution in [0, 0.1) is 5.82 Å². The SMILES string of the molecule is COCCCn1c(SCCC(=O)Nc2ccc(F)cc2)nc2ccccc2c1=O. The van der Waals surface area contributed by atoms with Crippen LogP contribution in [0.15, 0.2) is 58.5 Å². The van der Waals surface area contributed by atoms with Gasteiger partial charge in [-0.2, -0.15) is 0 Å². The molecule has 0 aliphatic heterocycles. The first-order valence-electron chi connectivity index (χ1n) is 9.25. The highest BCUT2D eigenvalue weighted by atomic mass is 32.2. The largest absolute Gasteiger partial charge is 0.385 e. The fourth-order valence-corrected chi connectivity index (χ4v) is 3.78. The van der Waals surface area contributed by atoms with E-state index in [9.17, 15) is 14.0 Å². The Labute approximate surface area is 172 Å². The molecule has 29 heavy (non-hydrogen) atoms. The van der Waals surface area contributed by atoms with Gasteiger partial charge in [0.25, 0.3) is 5.56 Å². The zero-order valence-electron chi connectivity index (χ0n) is 16.1. The summed E-state index contributed by atoms with van der Waals surface area (Å²) in [6, 6.07) is 12.8. The number of ether oxygens (including phenoxy) is 1. The van der Waals surface area contributed by atoms with Crippen LogP contribution in [0.2, 0.25) is 0 Å². The van der Waals surface area contributed by atoms with Gasteiger partial charge in [-0.25, -0.2) is 9.37 Å². The van der Waals surface area contributed by atoms with E-state index in [0.717, 1.165) is 0 Å². The number of benzene rings is 2. The van der Waals surface area contributed by atoms with Crippen molar-refractivity contribution in [3.63, 3.8) is 0 Å². The van der Waals surface area contributed by atoms with Crippen LogP contribution in [0.4, 0.5) is 10.1 Å². The van der Waals surface area contributed by atoms with Gasteiger partial charge in [0.1, 0.15) is 5.82 Å². The van der Waals surface area contributed by atoms with E-state index in [0.29, 0.717) is 47.1 Å². The van der Waals surface area contributed by atoms with Crippen LogP contribution in [0.3, 0.4) is 0 Å². The molecule has 2 aromatic carbocycles. The number of rotatable bonds is 9. The Morgan fingerprint density at radius 1 is 1.21 bits per heavy atom. The number of carbonyl (C=O) groups excluding carboxylic acids is 1. The minimum Gasteiger partial charge on any atom is -0.385 e. The Morgan fingerprint density at radius 2 is 1.97 bits per heavy atom. The predicted octanol–water partition coefficient (Wildman–Crippen LogP) is 3.69. The van der Waals surface area contributed by atoms with Crippen LogP contribution in [0.1, 0.15) is 12.8 Å². The molecule has 0 bridgehead atoms. The lowest BCUT2D eigenvalue weighted by Gasteiger charge is -2.13. The van der Waals surface area contributed by atoms with Crippen molar-refractivity contribution in [2.45, 2.75) is 24.5 Å². The van der Waals surface area contributed by atoms with Crippen molar-refractivity contribution in [2.24, 2.45) is 0 Å². The molecule has 6 nitrogen and oxygen atoms in total. The summed E-state index contributed by atoms with van der Waals surface area (Å²) in [5.74, 6) is -0.0761. The number of nitrogens with one attached hydrogen (secondary N) is 1. The number of para-hydroxylation sites is 1. The van der Waals surface area contributed by atoms with Crippen LogP contribution in [-0.2, 0) is 16.1 Å². The summed E-state index contributed by atoms with van der Waals surface area (Å²) >= 11 is 1.37. The second-order valence-electron chi connectivity index (χ2n) is 6.37. The Hall–Kier alpha value is -2.71. The maximum atomic E-state index is 12.9. The van der Waals surface area contributed by atoms with Crippen LogP contribution in [-0.4, -0.2) is 34.9 Å². The van der Waals surface area contributed by atoms with Gasteiger partial charge in [0.2, 0.25) is 5.91 Å². The number of anilines is 1. The van der Waals surface area contributed by atoms with E-state index in [-0.39, 0.29) is 23.7 Å². The summed E-state index contributed by atoms with van der Waals surface area (Å²) in [6.07, 6.45) is 0.928. The third-order valence-corrected chi connectivity index (χ3v) is 5.22. The highest BCUT2D eigenvalue weighted by Gasteiger charge is 2.12. The fourth-order valence-electron chi connectivity index (χ4n) is 2.81. The monoisotopic (exact) mass is 415 g/mol. The molecular formula is C21H22FN3O3S. The van der Waals surface area contributed by atoms with Crippen molar-refractivity contribution < 1.29 is 13.9 Å². The lowest BCUT2D eigenvalue weighted by Crippen LogP contribution is -2.24. The molecule has 0 spiro atoms. The van der Waals surface area contributed by atoms with E-state index in [2.05, 4.69) is 10.3 Å². The summed E-state index contributed by atoms with van der Waals surface area (Å²) in [7, 11) is 1.62. The Morgan fingerprint density at radius 3 is 2.72 bits per heavy atom. The highest BCUT2D eigenvalue weighted by molar-refractivity contribution is 7.99. The van der Waals surface area contributed by atoms with Gasteiger partial charge in [-0.1, -0.05) is 23.9 Å². The summed E-state index contributed by atoms with van der Waals surface area (Å²) in [6.45, 7) is 1.04. The molecule has 0 unspecified atom stereocenters. The zero-order chi connectivity index (χ0) is 20.6. The van der Waals surface area contributed by atoms with Crippen LogP contribution < -0.4 is 10.9 Å². The number of aromatic nitrogens is 2. The number of thioether (sulfide) groups is 1. The van der Waals surface area contributed by atoms with Crippen molar-refractivity contribution in [3.8, 4) is 0 Å². The first kappa shape index (κ1) is 21.0. The second kappa shape index (κ2) is 10.2. The van der Waals surface area contributed by atoms with Gasteiger partial charge in [0, 0.05) is 38.1 Å². The summed E-state index contributed by atoms with van der Waals surface area (Å²) in [5, 5.41) is 3.88. The van der Waals surface area contributed by atoms with Crippen molar-refractivity contribution in [3.05, 3.63) is 64.7 Å². The molecule has 0 saturated carbocycles. The van der Waals surface area contributed by atoms with Crippen molar-refractivity contribution >= 4 is 34.3 Å². The minimum atomic E-state index is -0.354. The molecule has 0 aliphatic rings. The van der Waals surface area contributed by atoms with Crippen molar-refractivity contribution in [2.75, 3.05) is 24.8 Å². The zero-order valence-corrected chi connectivity index (χ0v) is 16.9. The predicted molar refractivity (Wildman–Crippen MR) is 113 cm³/mol. The number of nitrogens with zero attached hydrogens (tertiary/aromatic N) is 2. The number of hydrogen-bond donors (Lipinski definition) is 1. The third-order valence-electron chi connectivity index (χ3n) is 4.25. The topological polar surface area (TPSA) is 73.2 Å². The molecule has 3 rings (SSSR count). The second-order valence-corrected chi connectivity index (χ2v) is 7.43. The first-order chi connectivity index (χ1) is 14.1. The lowest BCUT2D eigenvalue weighted by atomic mass is 10.2. The van der Waals surface area contributed by atoms with Gasteiger partial charge in [-0.15, -0.1) is 0 Å². The number of hydrogen-bond acceptors (Lipinski definition) is 5. The fraction of sp³-hybridized carbons (Fsp3) is 0.286. The quantitative estimate of drug-likeness (QED) is 0.328. The van der Waals surface area contributed by atoms with E-state index in [1.165, 1.54) is 36.0 Å². The van der Waals surface area contributed by atoms with E-state index in [4.69, 9.17) is 4.74 Å². The van der Waals surface area contributed by atoms with Gasteiger partial charge >= 0.3 is 0 Å². The van der Waals surface area contributed by atoms with Crippen molar-refractivity contribution in [1.82, 2.24) is 9.55 Å². The molecule has 1 aromatic heterocycles. The molecule has 3 aromatic rings. The minimum absolute atomic E-state index is 0.0926. The first-order valence-corrected chi connectivity index (χ1v) is 10.2. The third kappa shape index (κ3) is 5.65.